The van der Waals surface area contributed by atoms with Crippen molar-refractivity contribution < 1.29 is 9.53 Å². The van der Waals surface area contributed by atoms with Crippen molar-refractivity contribution in [1.29, 1.82) is 0 Å². The summed E-state index contributed by atoms with van der Waals surface area (Å²) < 4.78 is 5.32. The second kappa shape index (κ2) is 7.92. The summed E-state index contributed by atoms with van der Waals surface area (Å²) in [4.78, 5) is 17.7. The average molecular weight is 368 g/mol. The van der Waals surface area contributed by atoms with E-state index < -0.39 is 0 Å². The van der Waals surface area contributed by atoms with Gasteiger partial charge in [-0.05, 0) is 29.8 Å². The van der Waals surface area contributed by atoms with Gasteiger partial charge in [-0.1, -0.05) is 60.7 Å². The lowest BCUT2D eigenvalue weighted by atomic mass is 10.0. The molecule has 1 N–H and O–H groups in total. The quantitative estimate of drug-likeness (QED) is 0.548. The van der Waals surface area contributed by atoms with Crippen LogP contribution in [0.2, 0.25) is 0 Å². The van der Waals surface area contributed by atoms with Crippen molar-refractivity contribution in [2.45, 2.75) is 6.54 Å². The Morgan fingerprint density at radius 3 is 2.54 bits per heavy atom. The molecule has 0 unspecified atom stereocenters. The number of fused-ring (bicyclic) bond motifs is 1. The smallest absolute Gasteiger partial charge is 0.252 e. The molecule has 1 aromatic heterocycles. The third kappa shape index (κ3) is 3.71. The summed E-state index contributed by atoms with van der Waals surface area (Å²) in [5.74, 6) is 0.633. The van der Waals surface area contributed by atoms with Crippen LogP contribution in [0.4, 0.5) is 0 Å². The SMILES string of the molecule is COc1cccc(-c2cc(C(=O)NCc3ccccc3)c3ccccc3n2)c1. The van der Waals surface area contributed by atoms with Crippen molar-refractivity contribution in [3.8, 4) is 17.0 Å². The van der Waals surface area contributed by atoms with Gasteiger partial charge in [-0.25, -0.2) is 4.98 Å². The minimum atomic E-state index is -0.119. The van der Waals surface area contributed by atoms with Crippen LogP contribution in [0, 0.1) is 0 Å². The highest BCUT2D eigenvalue weighted by Gasteiger charge is 2.14. The Morgan fingerprint density at radius 2 is 1.71 bits per heavy atom. The lowest BCUT2D eigenvalue weighted by molar-refractivity contribution is 0.0952. The number of hydrogen-bond donors (Lipinski definition) is 1. The molecule has 0 aliphatic heterocycles. The van der Waals surface area contributed by atoms with E-state index in [0.29, 0.717) is 12.1 Å². The van der Waals surface area contributed by atoms with Gasteiger partial charge in [0.25, 0.3) is 5.91 Å². The summed E-state index contributed by atoms with van der Waals surface area (Å²) in [6, 6.07) is 27.1. The van der Waals surface area contributed by atoms with Gasteiger partial charge in [0.15, 0.2) is 0 Å². The summed E-state index contributed by atoms with van der Waals surface area (Å²) in [7, 11) is 1.63. The van der Waals surface area contributed by atoms with E-state index in [1.54, 1.807) is 7.11 Å². The maximum Gasteiger partial charge on any atom is 0.252 e. The Labute approximate surface area is 163 Å². The van der Waals surface area contributed by atoms with Crippen molar-refractivity contribution >= 4 is 16.8 Å². The minimum Gasteiger partial charge on any atom is -0.497 e. The average Bonchev–Trinajstić information content (AvgIpc) is 2.77. The Hall–Kier alpha value is -3.66. The first-order valence-corrected chi connectivity index (χ1v) is 9.11. The molecule has 0 saturated heterocycles. The molecule has 4 heteroatoms. The van der Waals surface area contributed by atoms with Crippen molar-refractivity contribution in [1.82, 2.24) is 10.3 Å². The Bertz CT molecular complexity index is 1120. The first-order chi connectivity index (χ1) is 13.7. The van der Waals surface area contributed by atoms with E-state index in [1.807, 2.05) is 84.9 Å². The zero-order chi connectivity index (χ0) is 19.3. The number of benzene rings is 3. The largest absolute Gasteiger partial charge is 0.497 e. The summed E-state index contributed by atoms with van der Waals surface area (Å²) in [5, 5.41) is 3.85. The molecule has 0 bridgehead atoms. The van der Waals surface area contributed by atoms with Gasteiger partial charge in [0.1, 0.15) is 5.75 Å². The Kier molecular flexibility index (Phi) is 5.02. The molecule has 0 fully saturated rings. The third-order valence-electron chi connectivity index (χ3n) is 4.62. The fourth-order valence-electron chi connectivity index (χ4n) is 3.17. The molecule has 138 valence electrons. The number of nitrogens with one attached hydrogen (secondary N) is 1. The molecular formula is C24H20N2O2. The second-order valence-electron chi connectivity index (χ2n) is 6.47. The maximum atomic E-state index is 13.0. The van der Waals surface area contributed by atoms with Gasteiger partial charge in [0, 0.05) is 17.5 Å². The van der Waals surface area contributed by atoms with Crippen LogP contribution in [-0.4, -0.2) is 18.0 Å². The number of ether oxygens (including phenoxy) is 1. The molecule has 1 heterocycles. The van der Waals surface area contributed by atoms with Crippen LogP contribution in [0.1, 0.15) is 15.9 Å². The van der Waals surface area contributed by atoms with Crippen LogP contribution < -0.4 is 10.1 Å². The number of carbonyl (C=O) groups excluding carboxylic acids is 1. The summed E-state index contributed by atoms with van der Waals surface area (Å²) in [6.45, 7) is 0.477. The fourth-order valence-corrected chi connectivity index (χ4v) is 3.17. The number of aromatic nitrogens is 1. The number of hydrogen-bond acceptors (Lipinski definition) is 3. The van der Waals surface area contributed by atoms with Gasteiger partial charge in [0.05, 0.1) is 23.9 Å². The van der Waals surface area contributed by atoms with Crippen LogP contribution in [0.5, 0.6) is 5.75 Å². The first-order valence-electron chi connectivity index (χ1n) is 9.11. The van der Waals surface area contributed by atoms with Gasteiger partial charge in [-0.15, -0.1) is 0 Å². The van der Waals surface area contributed by atoms with Crippen LogP contribution in [0.15, 0.2) is 84.9 Å². The number of amides is 1. The normalized spacial score (nSPS) is 10.6. The standard InChI is InChI=1S/C24H20N2O2/c1-28-19-11-7-10-18(14-19)23-15-21(20-12-5-6-13-22(20)26-23)24(27)25-16-17-8-3-2-4-9-17/h2-15H,16H2,1H3,(H,25,27). The number of methoxy groups -OCH3 is 1. The van der Waals surface area contributed by atoms with Crippen molar-refractivity contribution in [3.05, 3.63) is 96.1 Å². The van der Waals surface area contributed by atoms with Crippen molar-refractivity contribution in [2.75, 3.05) is 7.11 Å². The first kappa shape index (κ1) is 17.7. The molecule has 4 nitrogen and oxygen atoms in total. The second-order valence-corrected chi connectivity index (χ2v) is 6.47. The molecule has 0 radical (unpaired) electrons. The zero-order valence-corrected chi connectivity index (χ0v) is 15.6. The summed E-state index contributed by atoms with van der Waals surface area (Å²) in [5.41, 5.74) is 4.10. The van der Waals surface area contributed by atoms with E-state index in [4.69, 9.17) is 9.72 Å². The van der Waals surface area contributed by atoms with Gasteiger partial charge in [0.2, 0.25) is 0 Å². The number of pyridine rings is 1. The predicted octanol–water partition coefficient (Wildman–Crippen LogP) is 4.84. The predicted molar refractivity (Wildman–Crippen MR) is 111 cm³/mol. The van der Waals surface area contributed by atoms with E-state index in [9.17, 15) is 4.79 Å². The molecule has 0 aliphatic carbocycles. The van der Waals surface area contributed by atoms with Gasteiger partial charge >= 0.3 is 0 Å². The maximum absolute atomic E-state index is 13.0. The van der Waals surface area contributed by atoms with Gasteiger partial charge in [-0.3, -0.25) is 4.79 Å². The molecule has 28 heavy (non-hydrogen) atoms. The molecule has 0 aliphatic rings. The lowest BCUT2D eigenvalue weighted by Gasteiger charge is -2.11. The molecule has 0 atom stereocenters. The minimum absolute atomic E-state index is 0.119. The third-order valence-corrected chi connectivity index (χ3v) is 4.62. The van der Waals surface area contributed by atoms with Crippen LogP contribution >= 0.6 is 0 Å². The van der Waals surface area contributed by atoms with Gasteiger partial charge in [-0.2, -0.15) is 0 Å². The van der Waals surface area contributed by atoms with E-state index in [-0.39, 0.29) is 5.91 Å². The molecule has 4 rings (SSSR count). The topological polar surface area (TPSA) is 51.2 Å². The Balaban J connectivity index is 1.72. The monoisotopic (exact) mass is 368 g/mol. The number of rotatable bonds is 5. The van der Waals surface area contributed by atoms with Gasteiger partial charge < -0.3 is 10.1 Å². The van der Waals surface area contributed by atoms with Crippen LogP contribution in [0.3, 0.4) is 0 Å². The number of carbonyl (C=O) groups is 1. The molecule has 0 spiro atoms. The fraction of sp³-hybridized carbons (Fsp3) is 0.0833. The molecule has 3 aromatic carbocycles. The van der Waals surface area contributed by atoms with Crippen molar-refractivity contribution in [3.63, 3.8) is 0 Å². The van der Waals surface area contributed by atoms with Crippen LogP contribution in [0.25, 0.3) is 22.2 Å². The van der Waals surface area contributed by atoms with E-state index in [1.165, 1.54) is 0 Å². The molecule has 1 amide bonds. The number of para-hydroxylation sites is 1. The summed E-state index contributed by atoms with van der Waals surface area (Å²) in [6.07, 6.45) is 0. The van der Waals surface area contributed by atoms with Crippen LogP contribution in [-0.2, 0) is 6.54 Å². The van der Waals surface area contributed by atoms with Crippen molar-refractivity contribution in [2.24, 2.45) is 0 Å². The molecule has 4 aromatic rings. The highest BCUT2D eigenvalue weighted by molar-refractivity contribution is 6.07. The number of nitrogens with zero attached hydrogens (tertiary/aromatic N) is 1. The molecule has 0 saturated carbocycles. The molecular weight excluding hydrogens is 348 g/mol. The highest BCUT2D eigenvalue weighted by Crippen LogP contribution is 2.27. The zero-order valence-electron chi connectivity index (χ0n) is 15.6. The van der Waals surface area contributed by atoms with E-state index in [0.717, 1.165) is 33.5 Å². The van der Waals surface area contributed by atoms with E-state index in [2.05, 4.69) is 5.32 Å². The summed E-state index contributed by atoms with van der Waals surface area (Å²) >= 11 is 0. The Morgan fingerprint density at radius 1 is 0.929 bits per heavy atom. The highest BCUT2D eigenvalue weighted by atomic mass is 16.5. The lowest BCUT2D eigenvalue weighted by Crippen LogP contribution is -2.23. The van der Waals surface area contributed by atoms with E-state index >= 15 is 0 Å².